The molecular weight excluding hydrogens is 344 g/mol. The van der Waals surface area contributed by atoms with E-state index in [1.165, 1.54) is 12.8 Å². The topological polar surface area (TPSA) is 75.7 Å². The van der Waals surface area contributed by atoms with Crippen LogP contribution in [0.1, 0.15) is 68.3 Å². The minimum atomic E-state index is -0.576. The van der Waals surface area contributed by atoms with E-state index in [4.69, 9.17) is 4.74 Å². The summed E-state index contributed by atoms with van der Waals surface area (Å²) in [5.41, 5.74) is 1.94. The van der Waals surface area contributed by atoms with Crippen LogP contribution in [0.2, 0.25) is 0 Å². The van der Waals surface area contributed by atoms with Gasteiger partial charge in [-0.05, 0) is 48.4 Å². The minimum Gasteiger partial charge on any atom is -0.490 e. The van der Waals surface area contributed by atoms with E-state index >= 15 is 0 Å². The molecule has 1 atom stereocenters. The highest BCUT2D eigenvalue weighted by Gasteiger charge is 2.43. The van der Waals surface area contributed by atoms with Gasteiger partial charge in [0.25, 0.3) is 5.91 Å². The molecule has 1 aromatic carbocycles. The SMILES string of the molecule is CCC1(CC)CC(Oc2ccc3c(c2)CN(C2CCC(=O)NC2=O)C3=O)C1. The zero-order chi connectivity index (χ0) is 19.2. The zero-order valence-electron chi connectivity index (χ0n) is 15.9. The van der Waals surface area contributed by atoms with Gasteiger partial charge in [0.05, 0.1) is 6.10 Å². The lowest BCUT2D eigenvalue weighted by Gasteiger charge is -2.46. The molecule has 0 spiro atoms. The summed E-state index contributed by atoms with van der Waals surface area (Å²) in [6.45, 7) is 4.87. The summed E-state index contributed by atoms with van der Waals surface area (Å²) in [5, 5.41) is 2.33. The van der Waals surface area contributed by atoms with E-state index < -0.39 is 6.04 Å². The summed E-state index contributed by atoms with van der Waals surface area (Å²) in [5.74, 6) is -0.0104. The first kappa shape index (κ1) is 18.0. The molecule has 1 aromatic rings. The van der Waals surface area contributed by atoms with Crippen molar-refractivity contribution in [2.45, 2.75) is 71.1 Å². The lowest BCUT2D eigenvalue weighted by atomic mass is 9.63. The average Bonchev–Trinajstić information content (AvgIpc) is 2.94. The number of carbonyl (C=O) groups excluding carboxylic acids is 3. The largest absolute Gasteiger partial charge is 0.490 e. The number of hydrogen-bond acceptors (Lipinski definition) is 4. The second kappa shape index (κ2) is 6.66. The van der Waals surface area contributed by atoms with E-state index in [2.05, 4.69) is 19.2 Å². The second-order valence-corrected chi connectivity index (χ2v) is 8.07. The van der Waals surface area contributed by atoms with Gasteiger partial charge in [-0.15, -0.1) is 0 Å². The van der Waals surface area contributed by atoms with Gasteiger partial charge in [-0.2, -0.15) is 0 Å². The van der Waals surface area contributed by atoms with Crippen molar-refractivity contribution in [3.05, 3.63) is 29.3 Å². The molecule has 0 aromatic heterocycles. The number of nitrogens with zero attached hydrogens (tertiary/aromatic N) is 1. The molecule has 1 aliphatic carbocycles. The molecule has 1 saturated carbocycles. The van der Waals surface area contributed by atoms with E-state index in [1.54, 1.807) is 11.0 Å². The Morgan fingerprint density at radius 3 is 2.59 bits per heavy atom. The summed E-state index contributed by atoms with van der Waals surface area (Å²) in [4.78, 5) is 37.7. The Morgan fingerprint density at radius 2 is 1.93 bits per heavy atom. The van der Waals surface area contributed by atoms with Gasteiger partial charge in [-0.3, -0.25) is 19.7 Å². The molecule has 144 valence electrons. The highest BCUT2D eigenvalue weighted by Crippen LogP contribution is 2.48. The molecule has 3 aliphatic rings. The number of amides is 3. The van der Waals surface area contributed by atoms with Crippen LogP contribution in [0.4, 0.5) is 0 Å². The molecule has 6 heteroatoms. The summed E-state index contributed by atoms with van der Waals surface area (Å²) < 4.78 is 6.13. The number of hydrogen-bond donors (Lipinski definition) is 1. The first-order chi connectivity index (χ1) is 12.9. The van der Waals surface area contributed by atoms with Crippen molar-refractivity contribution in [1.82, 2.24) is 10.2 Å². The van der Waals surface area contributed by atoms with Gasteiger partial charge in [0, 0.05) is 18.5 Å². The molecule has 3 amide bonds. The van der Waals surface area contributed by atoms with E-state index in [0.29, 0.717) is 23.9 Å². The number of imide groups is 1. The van der Waals surface area contributed by atoms with Crippen LogP contribution in [0.15, 0.2) is 18.2 Å². The van der Waals surface area contributed by atoms with Crippen LogP contribution in [0.5, 0.6) is 5.75 Å². The summed E-state index contributed by atoms with van der Waals surface area (Å²) in [6.07, 6.45) is 5.42. The van der Waals surface area contributed by atoms with Gasteiger partial charge < -0.3 is 9.64 Å². The Bertz CT molecular complexity index is 791. The van der Waals surface area contributed by atoms with Crippen LogP contribution < -0.4 is 10.1 Å². The third kappa shape index (κ3) is 3.11. The predicted octanol–water partition coefficient (Wildman–Crippen LogP) is 2.80. The fraction of sp³-hybridized carbons (Fsp3) is 0.571. The van der Waals surface area contributed by atoms with Crippen molar-refractivity contribution >= 4 is 17.7 Å². The van der Waals surface area contributed by atoms with Crippen LogP contribution in [0, 0.1) is 5.41 Å². The predicted molar refractivity (Wildman–Crippen MR) is 99.2 cm³/mol. The maximum atomic E-state index is 12.7. The lowest BCUT2D eigenvalue weighted by molar-refractivity contribution is -0.136. The summed E-state index contributed by atoms with van der Waals surface area (Å²) in [7, 11) is 0. The first-order valence-electron chi connectivity index (χ1n) is 9.89. The van der Waals surface area contributed by atoms with Crippen LogP contribution >= 0.6 is 0 Å². The molecule has 1 N–H and O–H groups in total. The van der Waals surface area contributed by atoms with Gasteiger partial charge in [-0.1, -0.05) is 26.7 Å². The Balaban J connectivity index is 1.44. The highest BCUT2D eigenvalue weighted by molar-refractivity contribution is 6.05. The van der Waals surface area contributed by atoms with E-state index in [0.717, 1.165) is 24.2 Å². The van der Waals surface area contributed by atoms with Crippen molar-refractivity contribution in [3.63, 3.8) is 0 Å². The quantitative estimate of drug-likeness (QED) is 0.809. The molecule has 6 nitrogen and oxygen atoms in total. The Morgan fingerprint density at radius 1 is 1.19 bits per heavy atom. The van der Waals surface area contributed by atoms with Crippen LogP contribution in [0.25, 0.3) is 0 Å². The number of rotatable bonds is 5. The zero-order valence-corrected chi connectivity index (χ0v) is 15.9. The second-order valence-electron chi connectivity index (χ2n) is 8.07. The minimum absolute atomic E-state index is 0.148. The molecule has 0 bridgehead atoms. The van der Waals surface area contributed by atoms with Crippen LogP contribution in [0.3, 0.4) is 0 Å². The molecule has 4 rings (SSSR count). The standard InChI is InChI=1S/C21H26N2O4/c1-3-21(4-2)10-15(11-21)27-14-5-6-16-13(9-14)12-23(20(16)26)17-7-8-18(24)22-19(17)25/h5-6,9,15,17H,3-4,7-8,10-12H2,1-2H3,(H,22,24,25). The number of carbonyl (C=O) groups is 3. The maximum absolute atomic E-state index is 12.7. The number of benzene rings is 1. The molecule has 1 saturated heterocycles. The third-order valence-electron chi connectivity index (χ3n) is 6.62. The number of nitrogens with one attached hydrogen (secondary N) is 1. The van der Waals surface area contributed by atoms with Gasteiger partial charge in [0.15, 0.2) is 0 Å². The van der Waals surface area contributed by atoms with Gasteiger partial charge in [0.1, 0.15) is 11.8 Å². The fourth-order valence-electron chi connectivity index (χ4n) is 4.63. The van der Waals surface area contributed by atoms with E-state index in [-0.39, 0.29) is 30.2 Å². The molecule has 2 aliphatic heterocycles. The lowest BCUT2D eigenvalue weighted by Crippen LogP contribution is -2.52. The monoisotopic (exact) mass is 370 g/mol. The average molecular weight is 370 g/mol. The third-order valence-corrected chi connectivity index (χ3v) is 6.62. The maximum Gasteiger partial charge on any atom is 0.255 e. The molecule has 0 radical (unpaired) electrons. The summed E-state index contributed by atoms with van der Waals surface area (Å²) >= 11 is 0. The molecule has 2 fully saturated rings. The van der Waals surface area contributed by atoms with Gasteiger partial charge >= 0.3 is 0 Å². The molecule has 27 heavy (non-hydrogen) atoms. The van der Waals surface area contributed by atoms with Crippen molar-refractivity contribution in [2.24, 2.45) is 5.41 Å². The normalized spacial score (nSPS) is 24.4. The van der Waals surface area contributed by atoms with Gasteiger partial charge in [-0.25, -0.2) is 0 Å². The fourth-order valence-corrected chi connectivity index (χ4v) is 4.63. The van der Waals surface area contributed by atoms with Gasteiger partial charge in [0.2, 0.25) is 11.8 Å². The number of piperidine rings is 1. The van der Waals surface area contributed by atoms with Crippen LogP contribution in [-0.2, 0) is 16.1 Å². The number of ether oxygens (including phenoxy) is 1. The van der Waals surface area contributed by atoms with Crippen molar-refractivity contribution in [3.8, 4) is 5.75 Å². The molecule has 2 heterocycles. The van der Waals surface area contributed by atoms with Crippen molar-refractivity contribution < 1.29 is 19.1 Å². The van der Waals surface area contributed by atoms with E-state index in [9.17, 15) is 14.4 Å². The van der Waals surface area contributed by atoms with Crippen LogP contribution in [-0.4, -0.2) is 34.8 Å². The Labute approximate surface area is 159 Å². The summed E-state index contributed by atoms with van der Waals surface area (Å²) in [6, 6.07) is 5.00. The smallest absolute Gasteiger partial charge is 0.255 e. The highest BCUT2D eigenvalue weighted by atomic mass is 16.5. The first-order valence-corrected chi connectivity index (χ1v) is 9.89. The van der Waals surface area contributed by atoms with Crippen molar-refractivity contribution in [1.29, 1.82) is 0 Å². The van der Waals surface area contributed by atoms with E-state index in [1.807, 2.05) is 12.1 Å². The molecular formula is C21H26N2O4. The Hall–Kier alpha value is -2.37. The molecule has 1 unspecified atom stereocenters. The number of fused-ring (bicyclic) bond motifs is 1. The van der Waals surface area contributed by atoms with Crippen molar-refractivity contribution in [2.75, 3.05) is 0 Å². The Kier molecular flexibility index (Phi) is 4.44.